The van der Waals surface area contributed by atoms with Crippen LogP contribution in [0.2, 0.25) is 0 Å². The Balaban J connectivity index is 1.71. The minimum Gasteiger partial charge on any atom is -0.300 e. The first kappa shape index (κ1) is 14.6. The number of ketones is 3. The summed E-state index contributed by atoms with van der Waals surface area (Å²) in [7, 11) is 0. The zero-order valence-corrected chi connectivity index (χ0v) is 13.7. The van der Waals surface area contributed by atoms with Gasteiger partial charge in [0, 0.05) is 37.0 Å². The molecule has 0 heterocycles. The molecular weight excluding hydrogens is 276 g/mol. The first-order valence-electron chi connectivity index (χ1n) is 8.94. The summed E-state index contributed by atoms with van der Waals surface area (Å²) in [6.45, 7) is 4.41. The van der Waals surface area contributed by atoms with E-state index in [-0.39, 0.29) is 22.5 Å². The van der Waals surface area contributed by atoms with Crippen LogP contribution in [-0.2, 0) is 14.4 Å². The Hall–Kier alpha value is -0.990. The Morgan fingerprint density at radius 3 is 2.45 bits per heavy atom. The summed E-state index contributed by atoms with van der Waals surface area (Å²) in [6, 6.07) is 0. The first-order valence-corrected chi connectivity index (χ1v) is 8.94. The minimum absolute atomic E-state index is 0.000871. The van der Waals surface area contributed by atoms with E-state index >= 15 is 0 Å². The molecule has 0 aromatic carbocycles. The third-order valence-corrected chi connectivity index (χ3v) is 7.99. The van der Waals surface area contributed by atoms with Gasteiger partial charge in [-0.3, -0.25) is 14.4 Å². The summed E-state index contributed by atoms with van der Waals surface area (Å²) < 4.78 is 0. The molecule has 3 heteroatoms. The molecule has 0 radical (unpaired) electrons. The molecule has 0 spiro atoms. The lowest BCUT2D eigenvalue weighted by Crippen LogP contribution is -2.56. The maximum atomic E-state index is 12.8. The second kappa shape index (κ2) is 4.52. The molecular formula is C19H26O3. The lowest BCUT2D eigenvalue weighted by Gasteiger charge is -2.58. The van der Waals surface area contributed by atoms with E-state index in [9.17, 15) is 14.4 Å². The number of rotatable bonds is 0. The lowest BCUT2D eigenvalue weighted by atomic mass is 9.45. The Morgan fingerprint density at radius 1 is 0.909 bits per heavy atom. The number of carbonyl (C=O) groups excluding carboxylic acids is 3. The summed E-state index contributed by atoms with van der Waals surface area (Å²) in [6.07, 6.45) is 6.34. The monoisotopic (exact) mass is 302 g/mol. The molecule has 3 nitrogen and oxygen atoms in total. The van der Waals surface area contributed by atoms with Gasteiger partial charge in [-0.2, -0.15) is 0 Å². The highest BCUT2D eigenvalue weighted by Gasteiger charge is 2.62. The zero-order valence-electron chi connectivity index (χ0n) is 13.7. The van der Waals surface area contributed by atoms with Crippen LogP contribution in [0.4, 0.5) is 0 Å². The van der Waals surface area contributed by atoms with Crippen molar-refractivity contribution in [1.82, 2.24) is 0 Å². The van der Waals surface area contributed by atoms with E-state index in [1.165, 1.54) is 0 Å². The van der Waals surface area contributed by atoms with Crippen LogP contribution in [0.25, 0.3) is 0 Å². The first-order chi connectivity index (χ1) is 10.4. The maximum absolute atomic E-state index is 12.8. The molecule has 4 aliphatic rings. The fourth-order valence-electron chi connectivity index (χ4n) is 6.61. The van der Waals surface area contributed by atoms with Crippen LogP contribution in [0.15, 0.2) is 0 Å². The second-order valence-corrected chi connectivity index (χ2v) is 8.77. The van der Waals surface area contributed by atoms with Gasteiger partial charge in [0.05, 0.1) is 0 Å². The van der Waals surface area contributed by atoms with Crippen LogP contribution >= 0.6 is 0 Å². The number of fused-ring (bicyclic) bond motifs is 5. The van der Waals surface area contributed by atoms with Crippen molar-refractivity contribution in [3.05, 3.63) is 0 Å². The molecule has 120 valence electrons. The van der Waals surface area contributed by atoms with Crippen molar-refractivity contribution in [1.29, 1.82) is 0 Å². The van der Waals surface area contributed by atoms with Crippen molar-refractivity contribution in [2.24, 2.45) is 34.5 Å². The van der Waals surface area contributed by atoms with Gasteiger partial charge in [-0.05, 0) is 48.9 Å². The van der Waals surface area contributed by atoms with E-state index in [0.29, 0.717) is 55.0 Å². The van der Waals surface area contributed by atoms with Gasteiger partial charge in [-0.15, -0.1) is 0 Å². The Morgan fingerprint density at radius 2 is 1.68 bits per heavy atom. The maximum Gasteiger partial charge on any atom is 0.139 e. The fourth-order valence-corrected chi connectivity index (χ4v) is 6.61. The molecule has 0 aromatic rings. The molecule has 4 saturated carbocycles. The summed E-state index contributed by atoms with van der Waals surface area (Å²) in [4.78, 5) is 37.0. The molecule has 0 saturated heterocycles. The van der Waals surface area contributed by atoms with E-state index in [1.807, 2.05) is 0 Å². The van der Waals surface area contributed by atoms with Gasteiger partial charge in [0.15, 0.2) is 0 Å². The van der Waals surface area contributed by atoms with E-state index in [1.54, 1.807) is 0 Å². The van der Waals surface area contributed by atoms with E-state index in [4.69, 9.17) is 0 Å². The molecule has 6 atom stereocenters. The van der Waals surface area contributed by atoms with Crippen LogP contribution in [0.1, 0.15) is 65.2 Å². The van der Waals surface area contributed by atoms with Gasteiger partial charge >= 0.3 is 0 Å². The molecule has 0 aromatic heterocycles. The SMILES string of the molecule is C[C@]12CCC(=O)CC1C(=O)CC1C2CC[C@]2(C)C(=O)CCC12. The van der Waals surface area contributed by atoms with Gasteiger partial charge in [-0.1, -0.05) is 13.8 Å². The quantitative estimate of drug-likeness (QED) is 0.689. The normalized spacial score (nSPS) is 51.3. The van der Waals surface area contributed by atoms with Crippen molar-refractivity contribution < 1.29 is 14.4 Å². The van der Waals surface area contributed by atoms with Crippen molar-refractivity contribution in [3.63, 3.8) is 0 Å². The van der Waals surface area contributed by atoms with Crippen LogP contribution in [0, 0.1) is 34.5 Å². The smallest absolute Gasteiger partial charge is 0.139 e. The third kappa shape index (κ3) is 1.71. The zero-order chi connectivity index (χ0) is 15.7. The van der Waals surface area contributed by atoms with Crippen LogP contribution in [0.5, 0.6) is 0 Å². The molecule has 4 rings (SSSR count). The Labute approximate surface area is 132 Å². The largest absolute Gasteiger partial charge is 0.300 e. The predicted molar refractivity (Wildman–Crippen MR) is 82.1 cm³/mol. The van der Waals surface area contributed by atoms with Crippen LogP contribution in [-0.4, -0.2) is 17.3 Å². The number of hydrogen-bond acceptors (Lipinski definition) is 3. The molecule has 0 bridgehead atoms. The molecule has 0 amide bonds. The highest BCUT2D eigenvalue weighted by atomic mass is 16.1. The molecule has 4 unspecified atom stereocenters. The average molecular weight is 302 g/mol. The van der Waals surface area contributed by atoms with E-state index in [0.717, 1.165) is 25.7 Å². The standard InChI is InChI=1S/C19H26O3/c1-18-7-5-11(20)9-15(18)16(21)10-12-13-3-4-17(22)19(13,2)8-6-14(12)18/h12-15H,3-10H2,1-2H3/t12?,13?,14?,15?,18-,19+/m1/s1. The summed E-state index contributed by atoms with van der Waals surface area (Å²) in [5.74, 6) is 2.27. The van der Waals surface area contributed by atoms with Crippen molar-refractivity contribution >= 4 is 17.3 Å². The highest BCUT2D eigenvalue weighted by molar-refractivity contribution is 5.91. The summed E-state index contributed by atoms with van der Waals surface area (Å²) >= 11 is 0. The molecule has 0 N–H and O–H groups in total. The van der Waals surface area contributed by atoms with Gasteiger partial charge in [0.1, 0.15) is 17.3 Å². The lowest BCUT2D eigenvalue weighted by molar-refractivity contribution is -0.159. The van der Waals surface area contributed by atoms with Gasteiger partial charge < -0.3 is 0 Å². The number of hydrogen-bond donors (Lipinski definition) is 0. The van der Waals surface area contributed by atoms with Gasteiger partial charge in [0.2, 0.25) is 0 Å². The van der Waals surface area contributed by atoms with E-state index in [2.05, 4.69) is 13.8 Å². The van der Waals surface area contributed by atoms with Crippen LogP contribution < -0.4 is 0 Å². The topological polar surface area (TPSA) is 51.2 Å². The minimum atomic E-state index is -0.171. The Bertz CT molecular complexity index is 565. The van der Waals surface area contributed by atoms with Crippen molar-refractivity contribution in [3.8, 4) is 0 Å². The predicted octanol–water partition coefficient (Wildman–Crippen LogP) is 3.35. The molecule has 4 aliphatic carbocycles. The molecule has 22 heavy (non-hydrogen) atoms. The highest BCUT2D eigenvalue weighted by Crippen LogP contribution is 2.64. The van der Waals surface area contributed by atoms with Gasteiger partial charge in [-0.25, -0.2) is 0 Å². The average Bonchev–Trinajstić information content (AvgIpc) is 2.77. The second-order valence-electron chi connectivity index (χ2n) is 8.77. The van der Waals surface area contributed by atoms with Crippen molar-refractivity contribution in [2.75, 3.05) is 0 Å². The van der Waals surface area contributed by atoms with E-state index < -0.39 is 0 Å². The van der Waals surface area contributed by atoms with Crippen LogP contribution in [0.3, 0.4) is 0 Å². The fraction of sp³-hybridized carbons (Fsp3) is 0.842. The van der Waals surface area contributed by atoms with Gasteiger partial charge in [0.25, 0.3) is 0 Å². The summed E-state index contributed by atoms with van der Waals surface area (Å²) in [5.41, 5.74) is -0.171. The number of carbonyl (C=O) groups is 3. The third-order valence-electron chi connectivity index (χ3n) is 7.99. The van der Waals surface area contributed by atoms with Crippen molar-refractivity contribution in [2.45, 2.75) is 65.2 Å². The Kier molecular flexibility index (Phi) is 3.00. The summed E-state index contributed by atoms with van der Waals surface area (Å²) in [5, 5.41) is 0. The molecule has 0 aliphatic heterocycles. The molecule has 4 fully saturated rings. The number of Topliss-reactive ketones (excluding diaryl/α,β-unsaturated/α-hetero) is 3.